The van der Waals surface area contributed by atoms with Gasteiger partial charge < -0.3 is 14.8 Å². The first-order valence-electron chi connectivity index (χ1n) is 9.61. The predicted octanol–water partition coefficient (Wildman–Crippen LogP) is 3.74. The highest BCUT2D eigenvalue weighted by molar-refractivity contribution is 5.81. The summed E-state index contributed by atoms with van der Waals surface area (Å²) in [6, 6.07) is 19.0. The quantitative estimate of drug-likeness (QED) is 0.561. The van der Waals surface area contributed by atoms with Crippen LogP contribution in [0.4, 0.5) is 0 Å². The molecule has 28 heavy (non-hydrogen) atoms. The van der Waals surface area contributed by atoms with Gasteiger partial charge in [-0.05, 0) is 29.2 Å². The Bertz CT molecular complexity index is 958. The molecule has 1 aromatic heterocycles. The molecule has 5 nitrogen and oxygen atoms in total. The summed E-state index contributed by atoms with van der Waals surface area (Å²) in [6.07, 6.45) is 8.93. The largest absolute Gasteiger partial charge is 0.352 e. The number of hydrogen-bond acceptors (Lipinski definition) is 2. The summed E-state index contributed by atoms with van der Waals surface area (Å²) >= 11 is 0. The van der Waals surface area contributed by atoms with Gasteiger partial charge in [0, 0.05) is 39.1 Å². The molecule has 0 spiro atoms. The smallest absolute Gasteiger partial charge is 0.194 e. The van der Waals surface area contributed by atoms with Gasteiger partial charge in [0.1, 0.15) is 0 Å². The standard InChI is InChI=1S/C23H25N5/c1-24-23(27-14-11-20(12-15-27)19-7-3-2-4-8-19)26-17-21-9-5-6-10-22(21)28-16-13-25-18-28/h2-11,13,16,18H,12,14-15,17H2,1H3,(H,24,26). The van der Waals surface area contributed by atoms with Gasteiger partial charge in [-0.2, -0.15) is 0 Å². The lowest BCUT2D eigenvalue weighted by Gasteiger charge is -2.30. The molecule has 1 N–H and O–H groups in total. The van der Waals surface area contributed by atoms with E-state index >= 15 is 0 Å². The fourth-order valence-corrected chi connectivity index (χ4v) is 3.60. The maximum Gasteiger partial charge on any atom is 0.194 e. The average Bonchev–Trinajstić information content (AvgIpc) is 3.30. The minimum Gasteiger partial charge on any atom is -0.352 e. The zero-order valence-corrected chi connectivity index (χ0v) is 16.1. The van der Waals surface area contributed by atoms with Gasteiger partial charge in [0.05, 0.1) is 12.0 Å². The molecule has 0 fully saturated rings. The molecular weight excluding hydrogens is 346 g/mol. The van der Waals surface area contributed by atoms with E-state index in [0.717, 1.165) is 31.2 Å². The van der Waals surface area contributed by atoms with Crippen molar-refractivity contribution in [3.8, 4) is 5.69 Å². The zero-order valence-electron chi connectivity index (χ0n) is 16.1. The van der Waals surface area contributed by atoms with Crippen LogP contribution in [0.15, 0.2) is 84.4 Å². The number of hydrogen-bond donors (Lipinski definition) is 1. The second-order valence-corrected chi connectivity index (χ2v) is 6.79. The summed E-state index contributed by atoms with van der Waals surface area (Å²) < 4.78 is 2.04. The molecule has 4 rings (SSSR count). The normalized spacial score (nSPS) is 14.7. The van der Waals surface area contributed by atoms with Crippen LogP contribution in [0.25, 0.3) is 11.3 Å². The van der Waals surface area contributed by atoms with Gasteiger partial charge in [-0.3, -0.25) is 4.99 Å². The first-order valence-corrected chi connectivity index (χ1v) is 9.61. The van der Waals surface area contributed by atoms with Crippen molar-refractivity contribution in [3.05, 3.63) is 90.5 Å². The third-order valence-corrected chi connectivity index (χ3v) is 5.08. The highest BCUT2D eigenvalue weighted by atomic mass is 15.3. The van der Waals surface area contributed by atoms with Crippen molar-refractivity contribution in [1.29, 1.82) is 0 Å². The lowest BCUT2D eigenvalue weighted by atomic mass is 10.00. The van der Waals surface area contributed by atoms with Crippen LogP contribution in [0.5, 0.6) is 0 Å². The average molecular weight is 371 g/mol. The molecular formula is C23H25N5. The van der Waals surface area contributed by atoms with Crippen molar-refractivity contribution >= 4 is 11.5 Å². The summed E-state index contributed by atoms with van der Waals surface area (Å²) in [4.78, 5) is 11.0. The van der Waals surface area contributed by atoms with Crippen LogP contribution in [-0.2, 0) is 6.54 Å². The Morgan fingerprint density at radius 2 is 1.93 bits per heavy atom. The monoisotopic (exact) mass is 371 g/mol. The maximum atomic E-state index is 4.50. The molecule has 1 aliphatic heterocycles. The van der Waals surface area contributed by atoms with Crippen molar-refractivity contribution in [2.24, 2.45) is 4.99 Å². The van der Waals surface area contributed by atoms with Crippen molar-refractivity contribution in [2.45, 2.75) is 13.0 Å². The Morgan fingerprint density at radius 3 is 2.64 bits per heavy atom. The topological polar surface area (TPSA) is 45.5 Å². The SMILES string of the molecule is CN=C(NCc1ccccc1-n1ccnc1)N1CC=C(c2ccccc2)CC1. The first-order chi connectivity index (χ1) is 13.8. The van der Waals surface area contributed by atoms with Crippen molar-refractivity contribution in [2.75, 3.05) is 20.1 Å². The van der Waals surface area contributed by atoms with E-state index in [1.54, 1.807) is 6.20 Å². The van der Waals surface area contributed by atoms with Crippen LogP contribution in [0.3, 0.4) is 0 Å². The zero-order chi connectivity index (χ0) is 19.2. The number of aromatic nitrogens is 2. The van der Waals surface area contributed by atoms with Crippen molar-refractivity contribution < 1.29 is 0 Å². The summed E-state index contributed by atoms with van der Waals surface area (Å²) in [6.45, 7) is 2.55. The van der Waals surface area contributed by atoms with E-state index in [4.69, 9.17) is 0 Å². The molecule has 5 heteroatoms. The van der Waals surface area contributed by atoms with E-state index < -0.39 is 0 Å². The second kappa shape index (κ2) is 8.57. The molecule has 0 aliphatic carbocycles. The third kappa shape index (κ3) is 3.98. The fraction of sp³-hybridized carbons (Fsp3) is 0.217. The number of benzene rings is 2. The molecule has 0 radical (unpaired) electrons. The first kappa shape index (κ1) is 18.0. The van der Waals surface area contributed by atoms with Gasteiger partial charge in [-0.1, -0.05) is 54.6 Å². The summed E-state index contributed by atoms with van der Waals surface area (Å²) in [5.74, 6) is 0.934. The van der Waals surface area contributed by atoms with Crippen LogP contribution in [-0.4, -0.2) is 40.5 Å². The van der Waals surface area contributed by atoms with E-state index in [9.17, 15) is 0 Å². The number of aliphatic imine (C=N–C) groups is 1. The molecule has 0 unspecified atom stereocenters. The maximum absolute atomic E-state index is 4.50. The number of para-hydroxylation sites is 1. The van der Waals surface area contributed by atoms with Gasteiger partial charge in [0.2, 0.25) is 0 Å². The van der Waals surface area contributed by atoms with Crippen LogP contribution < -0.4 is 5.32 Å². The van der Waals surface area contributed by atoms with Gasteiger partial charge in [0.25, 0.3) is 0 Å². The van der Waals surface area contributed by atoms with Crippen LogP contribution in [0, 0.1) is 0 Å². The molecule has 142 valence electrons. The van der Waals surface area contributed by atoms with E-state index in [1.807, 2.05) is 30.2 Å². The fourth-order valence-electron chi connectivity index (χ4n) is 3.60. The number of rotatable bonds is 4. The van der Waals surface area contributed by atoms with E-state index in [1.165, 1.54) is 16.7 Å². The lowest BCUT2D eigenvalue weighted by molar-refractivity contribution is 0.439. The lowest BCUT2D eigenvalue weighted by Crippen LogP contribution is -2.43. The van der Waals surface area contributed by atoms with Gasteiger partial charge in [0.15, 0.2) is 5.96 Å². The number of nitrogens with zero attached hydrogens (tertiary/aromatic N) is 4. The Labute approximate surface area is 166 Å². The molecule has 3 aromatic rings. The highest BCUT2D eigenvalue weighted by Crippen LogP contribution is 2.22. The van der Waals surface area contributed by atoms with Gasteiger partial charge >= 0.3 is 0 Å². The minimum absolute atomic E-state index is 0.715. The van der Waals surface area contributed by atoms with E-state index in [2.05, 4.69) is 74.8 Å². The number of guanidine groups is 1. The molecule has 0 atom stereocenters. The highest BCUT2D eigenvalue weighted by Gasteiger charge is 2.16. The Kier molecular flexibility index (Phi) is 5.52. The number of nitrogens with one attached hydrogen (secondary N) is 1. The molecule has 1 aliphatic rings. The Balaban J connectivity index is 1.42. The number of imidazole rings is 1. The van der Waals surface area contributed by atoms with Gasteiger partial charge in [-0.15, -0.1) is 0 Å². The van der Waals surface area contributed by atoms with E-state index in [-0.39, 0.29) is 0 Å². The molecule has 0 saturated carbocycles. The summed E-state index contributed by atoms with van der Waals surface area (Å²) in [7, 11) is 1.85. The third-order valence-electron chi connectivity index (χ3n) is 5.08. The van der Waals surface area contributed by atoms with Crippen molar-refractivity contribution in [1.82, 2.24) is 19.8 Å². The van der Waals surface area contributed by atoms with Crippen LogP contribution >= 0.6 is 0 Å². The van der Waals surface area contributed by atoms with Crippen LogP contribution in [0.2, 0.25) is 0 Å². The molecule has 0 bridgehead atoms. The molecule has 2 heterocycles. The molecule has 2 aromatic carbocycles. The minimum atomic E-state index is 0.715. The van der Waals surface area contributed by atoms with E-state index in [0.29, 0.717) is 6.54 Å². The van der Waals surface area contributed by atoms with Gasteiger partial charge in [-0.25, -0.2) is 4.98 Å². The molecule has 0 saturated heterocycles. The second-order valence-electron chi connectivity index (χ2n) is 6.79. The Morgan fingerprint density at radius 1 is 1.11 bits per heavy atom. The van der Waals surface area contributed by atoms with Crippen LogP contribution in [0.1, 0.15) is 17.5 Å². The Hall–Kier alpha value is -3.34. The summed E-state index contributed by atoms with van der Waals surface area (Å²) in [5.41, 5.74) is 5.07. The van der Waals surface area contributed by atoms with Crippen molar-refractivity contribution in [3.63, 3.8) is 0 Å². The summed E-state index contributed by atoms with van der Waals surface area (Å²) in [5, 5.41) is 3.53. The predicted molar refractivity (Wildman–Crippen MR) is 114 cm³/mol. The molecule has 0 amide bonds.